The normalized spacial score (nSPS) is 10.6. The number of anilines is 1. The van der Waals surface area contributed by atoms with E-state index in [0.717, 1.165) is 5.39 Å². The van der Waals surface area contributed by atoms with E-state index in [9.17, 15) is 4.79 Å². The van der Waals surface area contributed by atoms with Gasteiger partial charge in [0.05, 0.1) is 27.9 Å². The van der Waals surface area contributed by atoms with Gasteiger partial charge in [-0.15, -0.1) is 0 Å². The smallest absolute Gasteiger partial charge is 0.341 e. The van der Waals surface area contributed by atoms with Crippen molar-refractivity contribution in [3.63, 3.8) is 0 Å². The highest BCUT2D eigenvalue weighted by molar-refractivity contribution is 6.45. The molecule has 1 N–H and O–H groups in total. The summed E-state index contributed by atoms with van der Waals surface area (Å²) in [4.78, 5) is 16.2. The third-order valence-electron chi connectivity index (χ3n) is 2.78. The van der Waals surface area contributed by atoms with Gasteiger partial charge in [0.15, 0.2) is 0 Å². The maximum atomic E-state index is 12.0. The molecule has 0 unspecified atom stereocenters. The van der Waals surface area contributed by atoms with Gasteiger partial charge < -0.3 is 10.1 Å². The predicted molar refractivity (Wildman–Crippen MR) is 81.9 cm³/mol. The van der Waals surface area contributed by atoms with E-state index < -0.39 is 5.97 Å². The van der Waals surface area contributed by atoms with Crippen LogP contribution in [0.5, 0.6) is 0 Å². The molecule has 0 saturated heterocycles. The number of hydrogen-bond donors (Lipinski definition) is 1. The summed E-state index contributed by atoms with van der Waals surface area (Å²) in [6, 6.07) is 3.47. The minimum absolute atomic E-state index is 0.309. The van der Waals surface area contributed by atoms with Crippen LogP contribution in [0.4, 0.5) is 5.69 Å². The second kappa shape index (κ2) is 6.29. The molecular weight excluding hydrogens is 299 g/mol. The monoisotopic (exact) mass is 312 g/mol. The molecule has 2 aromatic rings. The minimum atomic E-state index is -0.413. The molecule has 0 amide bonds. The first-order chi connectivity index (χ1) is 9.60. The lowest BCUT2D eigenvalue weighted by atomic mass is 10.1. The van der Waals surface area contributed by atoms with Crippen molar-refractivity contribution in [2.75, 3.05) is 18.5 Å². The number of halogens is 2. The summed E-state index contributed by atoms with van der Waals surface area (Å²) >= 11 is 12.1. The van der Waals surface area contributed by atoms with E-state index in [1.807, 2.05) is 6.92 Å². The third kappa shape index (κ3) is 2.67. The van der Waals surface area contributed by atoms with Gasteiger partial charge in [-0.25, -0.2) is 4.79 Å². The number of fused-ring (bicyclic) bond motifs is 1. The molecule has 0 saturated carbocycles. The highest BCUT2D eigenvalue weighted by Gasteiger charge is 2.18. The van der Waals surface area contributed by atoms with Crippen LogP contribution in [0.2, 0.25) is 10.0 Å². The van der Waals surface area contributed by atoms with Crippen LogP contribution in [-0.4, -0.2) is 24.1 Å². The molecule has 0 bridgehead atoms. The molecule has 0 radical (unpaired) electrons. The first-order valence-electron chi connectivity index (χ1n) is 6.27. The van der Waals surface area contributed by atoms with E-state index in [1.165, 1.54) is 6.20 Å². The van der Waals surface area contributed by atoms with Crippen LogP contribution >= 0.6 is 23.2 Å². The Morgan fingerprint density at radius 3 is 2.75 bits per heavy atom. The fourth-order valence-corrected chi connectivity index (χ4v) is 2.30. The summed E-state index contributed by atoms with van der Waals surface area (Å²) in [7, 11) is 0. The Morgan fingerprint density at radius 1 is 1.35 bits per heavy atom. The lowest BCUT2D eigenvalue weighted by molar-refractivity contribution is 0.0527. The molecule has 0 spiro atoms. The van der Waals surface area contributed by atoms with Gasteiger partial charge in [0.1, 0.15) is 5.56 Å². The highest BCUT2D eigenvalue weighted by Crippen LogP contribution is 2.34. The topological polar surface area (TPSA) is 51.2 Å². The van der Waals surface area contributed by atoms with Gasteiger partial charge in [0.2, 0.25) is 0 Å². The first kappa shape index (κ1) is 14.9. The SMILES string of the molecule is CCNc1c(C(=O)OCC)cnc2c(Cl)c(Cl)ccc12. The van der Waals surface area contributed by atoms with Crippen molar-refractivity contribution in [2.24, 2.45) is 0 Å². The molecule has 1 aromatic heterocycles. The lowest BCUT2D eigenvalue weighted by Crippen LogP contribution is -2.11. The molecule has 20 heavy (non-hydrogen) atoms. The number of nitrogens with zero attached hydrogens (tertiary/aromatic N) is 1. The summed E-state index contributed by atoms with van der Waals surface area (Å²) < 4.78 is 5.04. The van der Waals surface area contributed by atoms with Crippen LogP contribution in [0, 0.1) is 0 Å². The number of nitrogens with one attached hydrogen (secondary N) is 1. The van der Waals surface area contributed by atoms with Crippen LogP contribution < -0.4 is 5.32 Å². The van der Waals surface area contributed by atoms with E-state index in [2.05, 4.69) is 10.3 Å². The molecule has 4 nitrogen and oxygen atoms in total. The van der Waals surface area contributed by atoms with Gasteiger partial charge in [0, 0.05) is 18.1 Å². The van der Waals surface area contributed by atoms with Crippen LogP contribution in [0.25, 0.3) is 10.9 Å². The number of benzene rings is 1. The number of ether oxygens (including phenoxy) is 1. The average Bonchev–Trinajstić information content (AvgIpc) is 2.43. The molecule has 1 aromatic carbocycles. The Hall–Kier alpha value is -1.52. The van der Waals surface area contributed by atoms with Crippen molar-refractivity contribution >= 4 is 45.8 Å². The highest BCUT2D eigenvalue weighted by atomic mass is 35.5. The second-order valence-electron chi connectivity index (χ2n) is 4.06. The maximum Gasteiger partial charge on any atom is 0.341 e. The summed E-state index contributed by atoms with van der Waals surface area (Å²) in [5.41, 5.74) is 1.61. The predicted octanol–water partition coefficient (Wildman–Crippen LogP) is 4.15. The molecule has 106 valence electrons. The fourth-order valence-electron chi connectivity index (χ4n) is 1.94. The van der Waals surface area contributed by atoms with E-state index in [0.29, 0.717) is 40.0 Å². The van der Waals surface area contributed by atoms with Crippen molar-refractivity contribution < 1.29 is 9.53 Å². The summed E-state index contributed by atoms with van der Waals surface area (Å²) in [6.07, 6.45) is 1.46. The van der Waals surface area contributed by atoms with Gasteiger partial charge in [0.25, 0.3) is 0 Å². The van der Waals surface area contributed by atoms with Crippen LogP contribution in [0.1, 0.15) is 24.2 Å². The van der Waals surface area contributed by atoms with Crippen LogP contribution in [-0.2, 0) is 4.74 Å². The molecule has 0 atom stereocenters. The largest absolute Gasteiger partial charge is 0.462 e. The number of carbonyl (C=O) groups excluding carboxylic acids is 1. The molecule has 1 heterocycles. The Balaban J connectivity index is 2.69. The maximum absolute atomic E-state index is 12.0. The summed E-state index contributed by atoms with van der Waals surface area (Å²) in [6.45, 7) is 4.67. The number of carbonyl (C=O) groups is 1. The van der Waals surface area contributed by atoms with Crippen LogP contribution in [0.15, 0.2) is 18.3 Å². The van der Waals surface area contributed by atoms with E-state index in [1.54, 1.807) is 19.1 Å². The first-order valence-corrected chi connectivity index (χ1v) is 7.03. The number of aromatic nitrogens is 1. The molecular formula is C14H14Cl2N2O2. The Bertz CT molecular complexity index is 659. The zero-order chi connectivity index (χ0) is 14.7. The number of rotatable bonds is 4. The minimum Gasteiger partial charge on any atom is -0.462 e. The Labute approximate surface area is 127 Å². The number of pyridine rings is 1. The third-order valence-corrected chi connectivity index (χ3v) is 3.57. The van der Waals surface area contributed by atoms with Gasteiger partial charge in [-0.05, 0) is 26.0 Å². The van der Waals surface area contributed by atoms with Crippen LogP contribution in [0.3, 0.4) is 0 Å². The Kier molecular flexibility index (Phi) is 4.68. The zero-order valence-corrected chi connectivity index (χ0v) is 12.7. The number of esters is 1. The molecule has 0 aliphatic carbocycles. The second-order valence-corrected chi connectivity index (χ2v) is 4.84. The quantitative estimate of drug-likeness (QED) is 0.862. The molecule has 2 rings (SSSR count). The van der Waals surface area contributed by atoms with Gasteiger partial charge in [-0.2, -0.15) is 0 Å². The van der Waals surface area contributed by atoms with Gasteiger partial charge in [-0.3, -0.25) is 4.98 Å². The van der Waals surface area contributed by atoms with Crippen molar-refractivity contribution in [1.82, 2.24) is 4.98 Å². The van der Waals surface area contributed by atoms with E-state index >= 15 is 0 Å². The standard InChI is InChI=1S/C14H14Cl2N2O2/c1-3-17-12-8-5-6-10(15)11(16)13(8)18-7-9(12)14(19)20-4-2/h5-7H,3-4H2,1-2H3,(H,17,18). The summed E-state index contributed by atoms with van der Waals surface area (Å²) in [5.74, 6) is -0.413. The van der Waals surface area contributed by atoms with Crippen molar-refractivity contribution in [3.05, 3.63) is 33.9 Å². The molecule has 0 aliphatic rings. The van der Waals surface area contributed by atoms with Gasteiger partial charge in [-0.1, -0.05) is 23.2 Å². The lowest BCUT2D eigenvalue weighted by Gasteiger charge is -2.13. The van der Waals surface area contributed by atoms with Crippen molar-refractivity contribution in [3.8, 4) is 0 Å². The zero-order valence-electron chi connectivity index (χ0n) is 11.2. The Morgan fingerprint density at radius 2 is 2.10 bits per heavy atom. The number of hydrogen-bond acceptors (Lipinski definition) is 4. The summed E-state index contributed by atoms with van der Waals surface area (Å²) in [5, 5.41) is 4.71. The van der Waals surface area contributed by atoms with Gasteiger partial charge >= 0.3 is 5.97 Å². The van der Waals surface area contributed by atoms with Crippen molar-refractivity contribution in [2.45, 2.75) is 13.8 Å². The molecule has 0 fully saturated rings. The average molecular weight is 313 g/mol. The van der Waals surface area contributed by atoms with E-state index in [4.69, 9.17) is 27.9 Å². The van der Waals surface area contributed by atoms with Crippen molar-refractivity contribution in [1.29, 1.82) is 0 Å². The fraction of sp³-hybridized carbons (Fsp3) is 0.286. The molecule has 0 aliphatic heterocycles. The molecule has 6 heteroatoms. The van der Waals surface area contributed by atoms with E-state index in [-0.39, 0.29) is 0 Å².